The monoisotopic (exact) mass is 271 g/mol. The molecule has 0 saturated heterocycles. The molecule has 0 unspecified atom stereocenters. The Bertz CT molecular complexity index is 494. The topological polar surface area (TPSA) is 46.9 Å². The van der Waals surface area contributed by atoms with Gasteiger partial charge in [0, 0.05) is 31.0 Å². The fraction of sp³-hybridized carbons (Fsp3) is 0.375. The van der Waals surface area contributed by atoms with Crippen LogP contribution in [0.4, 0.5) is 0 Å². The molecule has 1 aromatic heterocycles. The summed E-state index contributed by atoms with van der Waals surface area (Å²) in [5.74, 6) is 0.0176. The zero-order valence-electron chi connectivity index (χ0n) is 11.7. The molecule has 4 nitrogen and oxygen atoms in total. The number of carbonyl (C=O) groups excluding carboxylic acids is 1. The zero-order chi connectivity index (χ0) is 14.0. The minimum absolute atomic E-state index is 0.0176. The van der Waals surface area contributed by atoms with Crippen molar-refractivity contribution in [1.82, 2.24) is 14.9 Å². The van der Waals surface area contributed by atoms with Crippen LogP contribution in [-0.2, 0) is 6.54 Å². The average Bonchev–Trinajstić information content (AvgIpc) is 3.00. The number of rotatable bonds is 8. The maximum Gasteiger partial charge on any atom is 0.251 e. The predicted octanol–water partition coefficient (Wildman–Crippen LogP) is 2.87. The molecule has 0 saturated carbocycles. The van der Waals surface area contributed by atoms with Gasteiger partial charge in [-0.3, -0.25) is 4.79 Å². The second kappa shape index (κ2) is 8.15. The van der Waals surface area contributed by atoms with E-state index >= 15 is 0 Å². The number of carbonyl (C=O) groups is 1. The molecule has 0 aliphatic rings. The van der Waals surface area contributed by atoms with Gasteiger partial charge in [0.25, 0.3) is 5.91 Å². The number of benzene rings is 1. The number of aromatic nitrogens is 2. The van der Waals surface area contributed by atoms with Crippen LogP contribution in [0.2, 0.25) is 0 Å². The van der Waals surface area contributed by atoms with Crippen molar-refractivity contribution in [1.29, 1.82) is 0 Å². The highest BCUT2D eigenvalue weighted by Gasteiger charge is 2.02. The lowest BCUT2D eigenvalue weighted by atomic mass is 10.2. The van der Waals surface area contributed by atoms with E-state index in [1.807, 2.05) is 42.9 Å². The van der Waals surface area contributed by atoms with Gasteiger partial charge in [0.2, 0.25) is 0 Å². The molecule has 0 bridgehead atoms. The summed E-state index contributed by atoms with van der Waals surface area (Å²) in [6, 6.07) is 9.34. The molecule has 1 heterocycles. The standard InChI is InChI=1S/C16H21N3O/c20-16(15-8-4-3-5-9-15)18-10-6-1-2-7-12-19-13-11-17-14-19/h3-5,8-9,11,13-14H,1-2,6-7,10,12H2,(H,18,20). The van der Waals surface area contributed by atoms with Gasteiger partial charge < -0.3 is 9.88 Å². The lowest BCUT2D eigenvalue weighted by molar-refractivity contribution is 0.0953. The number of aryl methyl sites for hydroxylation is 1. The molecule has 4 heteroatoms. The van der Waals surface area contributed by atoms with E-state index in [0.29, 0.717) is 0 Å². The predicted molar refractivity (Wildman–Crippen MR) is 79.5 cm³/mol. The first-order valence-corrected chi connectivity index (χ1v) is 7.15. The van der Waals surface area contributed by atoms with E-state index in [4.69, 9.17) is 0 Å². The van der Waals surface area contributed by atoms with E-state index in [-0.39, 0.29) is 5.91 Å². The summed E-state index contributed by atoms with van der Waals surface area (Å²) in [6.07, 6.45) is 10.1. The molecule has 1 aromatic carbocycles. The van der Waals surface area contributed by atoms with E-state index in [9.17, 15) is 4.79 Å². The minimum atomic E-state index is 0.0176. The average molecular weight is 271 g/mol. The first-order valence-electron chi connectivity index (χ1n) is 7.15. The summed E-state index contributed by atoms with van der Waals surface area (Å²) in [5, 5.41) is 2.95. The van der Waals surface area contributed by atoms with Crippen LogP contribution in [0, 0.1) is 0 Å². The van der Waals surface area contributed by atoms with Gasteiger partial charge in [-0.05, 0) is 25.0 Å². The normalized spacial score (nSPS) is 10.4. The van der Waals surface area contributed by atoms with Crippen LogP contribution in [-0.4, -0.2) is 22.0 Å². The SMILES string of the molecule is O=C(NCCCCCCn1ccnc1)c1ccccc1. The van der Waals surface area contributed by atoms with Crippen molar-refractivity contribution in [2.75, 3.05) is 6.54 Å². The molecule has 0 spiro atoms. The molecule has 2 aromatic rings. The lowest BCUT2D eigenvalue weighted by Crippen LogP contribution is -2.24. The summed E-state index contributed by atoms with van der Waals surface area (Å²) in [6.45, 7) is 1.77. The van der Waals surface area contributed by atoms with Crippen LogP contribution < -0.4 is 5.32 Å². The van der Waals surface area contributed by atoms with Gasteiger partial charge in [0.15, 0.2) is 0 Å². The Balaban J connectivity index is 1.50. The largest absolute Gasteiger partial charge is 0.352 e. The van der Waals surface area contributed by atoms with Gasteiger partial charge in [-0.15, -0.1) is 0 Å². The molecule has 20 heavy (non-hydrogen) atoms. The van der Waals surface area contributed by atoms with E-state index in [0.717, 1.165) is 37.9 Å². The minimum Gasteiger partial charge on any atom is -0.352 e. The molecule has 2 rings (SSSR count). The van der Waals surface area contributed by atoms with Gasteiger partial charge in [-0.2, -0.15) is 0 Å². The molecule has 0 fully saturated rings. The summed E-state index contributed by atoms with van der Waals surface area (Å²) in [4.78, 5) is 15.8. The lowest BCUT2D eigenvalue weighted by Gasteiger charge is -2.05. The number of imidazole rings is 1. The third kappa shape index (κ3) is 4.88. The quantitative estimate of drug-likeness (QED) is 0.750. The van der Waals surface area contributed by atoms with E-state index < -0.39 is 0 Å². The highest BCUT2D eigenvalue weighted by Crippen LogP contribution is 2.02. The Morgan fingerprint density at radius 2 is 1.90 bits per heavy atom. The van der Waals surface area contributed by atoms with E-state index in [1.165, 1.54) is 6.42 Å². The third-order valence-corrected chi connectivity index (χ3v) is 3.22. The molecular formula is C16H21N3O. The number of hydrogen-bond donors (Lipinski definition) is 1. The van der Waals surface area contributed by atoms with Crippen LogP contribution in [0.1, 0.15) is 36.0 Å². The van der Waals surface area contributed by atoms with Crippen molar-refractivity contribution in [2.24, 2.45) is 0 Å². The first kappa shape index (κ1) is 14.3. The molecular weight excluding hydrogens is 250 g/mol. The zero-order valence-corrected chi connectivity index (χ0v) is 11.7. The first-order chi connectivity index (χ1) is 9.86. The van der Waals surface area contributed by atoms with Crippen molar-refractivity contribution < 1.29 is 4.79 Å². The van der Waals surface area contributed by atoms with Crippen molar-refractivity contribution in [3.8, 4) is 0 Å². The van der Waals surface area contributed by atoms with Crippen LogP contribution in [0.15, 0.2) is 49.1 Å². The number of amides is 1. The van der Waals surface area contributed by atoms with Crippen molar-refractivity contribution in [2.45, 2.75) is 32.2 Å². The maximum atomic E-state index is 11.8. The number of nitrogens with zero attached hydrogens (tertiary/aromatic N) is 2. The van der Waals surface area contributed by atoms with Crippen LogP contribution in [0.5, 0.6) is 0 Å². The van der Waals surface area contributed by atoms with Gasteiger partial charge in [-0.25, -0.2) is 4.98 Å². The van der Waals surface area contributed by atoms with Gasteiger partial charge in [0.1, 0.15) is 0 Å². The van der Waals surface area contributed by atoms with Crippen molar-refractivity contribution >= 4 is 5.91 Å². The molecule has 0 radical (unpaired) electrons. The van der Waals surface area contributed by atoms with Crippen LogP contribution in [0.25, 0.3) is 0 Å². The summed E-state index contributed by atoms with van der Waals surface area (Å²) < 4.78 is 2.09. The Morgan fingerprint density at radius 1 is 1.10 bits per heavy atom. The summed E-state index contributed by atoms with van der Waals surface area (Å²) in [5.41, 5.74) is 0.729. The van der Waals surface area contributed by atoms with Crippen LogP contribution >= 0.6 is 0 Å². The summed E-state index contributed by atoms with van der Waals surface area (Å²) in [7, 11) is 0. The fourth-order valence-corrected chi connectivity index (χ4v) is 2.09. The van der Waals surface area contributed by atoms with Gasteiger partial charge in [0.05, 0.1) is 6.33 Å². The fourth-order valence-electron chi connectivity index (χ4n) is 2.09. The van der Waals surface area contributed by atoms with E-state index in [1.54, 1.807) is 6.20 Å². The maximum absolute atomic E-state index is 11.8. The van der Waals surface area contributed by atoms with Gasteiger partial charge in [-0.1, -0.05) is 31.0 Å². The third-order valence-electron chi connectivity index (χ3n) is 3.22. The molecule has 0 aliphatic heterocycles. The highest BCUT2D eigenvalue weighted by molar-refractivity contribution is 5.94. The molecule has 0 aliphatic carbocycles. The summed E-state index contributed by atoms with van der Waals surface area (Å²) >= 11 is 0. The molecule has 0 atom stereocenters. The van der Waals surface area contributed by atoms with Crippen molar-refractivity contribution in [3.05, 3.63) is 54.6 Å². The smallest absolute Gasteiger partial charge is 0.251 e. The van der Waals surface area contributed by atoms with E-state index in [2.05, 4.69) is 14.9 Å². The number of nitrogens with one attached hydrogen (secondary N) is 1. The van der Waals surface area contributed by atoms with Crippen LogP contribution in [0.3, 0.4) is 0 Å². The Kier molecular flexibility index (Phi) is 5.83. The Hall–Kier alpha value is -2.10. The Morgan fingerprint density at radius 3 is 2.65 bits per heavy atom. The molecule has 1 amide bonds. The Labute approximate surface area is 119 Å². The van der Waals surface area contributed by atoms with Gasteiger partial charge >= 0.3 is 0 Å². The number of unbranched alkanes of at least 4 members (excludes halogenated alkanes) is 3. The van der Waals surface area contributed by atoms with Crippen molar-refractivity contribution in [3.63, 3.8) is 0 Å². The number of hydrogen-bond acceptors (Lipinski definition) is 2. The highest BCUT2D eigenvalue weighted by atomic mass is 16.1. The second-order valence-corrected chi connectivity index (χ2v) is 4.84. The molecule has 1 N–H and O–H groups in total. The second-order valence-electron chi connectivity index (χ2n) is 4.84. The molecule has 106 valence electrons.